The third-order valence-corrected chi connectivity index (χ3v) is 3.73. The van der Waals surface area contributed by atoms with E-state index in [1.807, 2.05) is 30.0 Å². The molecule has 2 rings (SSSR count). The fourth-order valence-corrected chi connectivity index (χ4v) is 2.59. The number of amides is 1. The summed E-state index contributed by atoms with van der Waals surface area (Å²) in [4.78, 5) is 16.6. The number of hydrogen-bond acceptors (Lipinski definition) is 4. The van der Waals surface area contributed by atoms with Crippen molar-refractivity contribution in [2.45, 2.75) is 13.3 Å². The van der Waals surface area contributed by atoms with Gasteiger partial charge in [0.25, 0.3) is 5.91 Å². The maximum atomic E-state index is 12.5. The van der Waals surface area contributed by atoms with Gasteiger partial charge in [-0.25, -0.2) is 0 Å². The first-order chi connectivity index (χ1) is 9.61. The number of hydrogen-bond donors (Lipinski definition) is 2. The molecule has 1 saturated heterocycles. The monoisotopic (exact) mass is 277 g/mol. The van der Waals surface area contributed by atoms with Crippen LogP contribution in [0.2, 0.25) is 0 Å². The van der Waals surface area contributed by atoms with E-state index in [2.05, 4.69) is 4.90 Å². The van der Waals surface area contributed by atoms with E-state index in [9.17, 15) is 4.79 Å². The number of aliphatic hydroxyl groups is 1. The summed E-state index contributed by atoms with van der Waals surface area (Å²) in [6, 6.07) is 5.56. The first kappa shape index (κ1) is 14.8. The van der Waals surface area contributed by atoms with Gasteiger partial charge in [0, 0.05) is 31.9 Å². The Morgan fingerprint density at radius 3 is 2.80 bits per heavy atom. The van der Waals surface area contributed by atoms with Crippen molar-refractivity contribution in [2.24, 2.45) is 0 Å². The normalized spacial score (nSPS) is 17.0. The van der Waals surface area contributed by atoms with Crippen LogP contribution in [0.4, 0.5) is 5.69 Å². The maximum Gasteiger partial charge on any atom is 0.255 e. The minimum atomic E-state index is 0.00773. The summed E-state index contributed by atoms with van der Waals surface area (Å²) in [7, 11) is 0. The first-order valence-corrected chi connectivity index (χ1v) is 7.10. The number of benzene rings is 1. The largest absolute Gasteiger partial charge is 0.398 e. The van der Waals surface area contributed by atoms with Crippen molar-refractivity contribution in [3.63, 3.8) is 0 Å². The zero-order valence-corrected chi connectivity index (χ0v) is 12.0. The molecule has 5 heteroatoms. The minimum Gasteiger partial charge on any atom is -0.398 e. The van der Waals surface area contributed by atoms with E-state index in [0.29, 0.717) is 24.3 Å². The molecule has 110 valence electrons. The van der Waals surface area contributed by atoms with E-state index in [4.69, 9.17) is 10.8 Å². The van der Waals surface area contributed by atoms with E-state index in [-0.39, 0.29) is 12.5 Å². The second kappa shape index (κ2) is 6.72. The molecule has 20 heavy (non-hydrogen) atoms. The Morgan fingerprint density at radius 2 is 2.10 bits per heavy atom. The Bertz CT molecular complexity index is 476. The molecule has 1 aliphatic heterocycles. The zero-order chi connectivity index (χ0) is 14.5. The molecule has 1 fully saturated rings. The van der Waals surface area contributed by atoms with Crippen molar-refractivity contribution in [1.29, 1.82) is 0 Å². The summed E-state index contributed by atoms with van der Waals surface area (Å²) in [6.45, 7) is 5.96. The van der Waals surface area contributed by atoms with Gasteiger partial charge >= 0.3 is 0 Å². The second-order valence-electron chi connectivity index (χ2n) is 5.30. The molecule has 1 aromatic carbocycles. The molecule has 1 heterocycles. The van der Waals surface area contributed by atoms with Crippen molar-refractivity contribution in [3.05, 3.63) is 29.3 Å². The predicted molar refractivity (Wildman–Crippen MR) is 79.6 cm³/mol. The van der Waals surface area contributed by atoms with Crippen molar-refractivity contribution >= 4 is 11.6 Å². The summed E-state index contributed by atoms with van der Waals surface area (Å²) < 4.78 is 0. The van der Waals surface area contributed by atoms with Crippen molar-refractivity contribution in [1.82, 2.24) is 9.80 Å². The number of aliphatic hydroxyl groups excluding tert-OH is 1. The standard InChI is InChI=1S/C15H23N3O2/c1-12-3-4-13(14(16)11-12)15(20)18-6-2-5-17(7-8-18)9-10-19/h3-4,11,19H,2,5-10,16H2,1H3. The highest BCUT2D eigenvalue weighted by atomic mass is 16.3. The Morgan fingerprint density at radius 1 is 1.30 bits per heavy atom. The van der Waals surface area contributed by atoms with E-state index < -0.39 is 0 Å². The number of aryl methyl sites for hydroxylation is 1. The molecule has 0 aliphatic carbocycles. The molecule has 1 aromatic rings. The average Bonchev–Trinajstić information content (AvgIpc) is 2.64. The van der Waals surface area contributed by atoms with Gasteiger partial charge in [-0.3, -0.25) is 9.69 Å². The summed E-state index contributed by atoms with van der Waals surface area (Å²) in [5.74, 6) is 0.00773. The lowest BCUT2D eigenvalue weighted by Crippen LogP contribution is -2.36. The van der Waals surface area contributed by atoms with E-state index >= 15 is 0 Å². The van der Waals surface area contributed by atoms with Crippen molar-refractivity contribution < 1.29 is 9.90 Å². The summed E-state index contributed by atoms with van der Waals surface area (Å²) in [5.41, 5.74) is 8.15. The predicted octanol–water partition coefficient (Wildman–Crippen LogP) is 0.717. The summed E-state index contributed by atoms with van der Waals surface area (Å²) in [5, 5.41) is 8.99. The van der Waals surface area contributed by atoms with Crippen molar-refractivity contribution in [2.75, 3.05) is 45.1 Å². The molecule has 0 bridgehead atoms. The van der Waals surface area contributed by atoms with Gasteiger partial charge < -0.3 is 15.7 Å². The van der Waals surface area contributed by atoms with Crippen LogP contribution in [-0.4, -0.2) is 60.1 Å². The van der Waals surface area contributed by atoms with E-state index in [1.165, 1.54) is 0 Å². The maximum absolute atomic E-state index is 12.5. The fourth-order valence-electron chi connectivity index (χ4n) is 2.59. The molecule has 0 saturated carbocycles. The minimum absolute atomic E-state index is 0.00773. The van der Waals surface area contributed by atoms with Crippen LogP contribution in [-0.2, 0) is 0 Å². The number of nitrogens with two attached hydrogens (primary N) is 1. The van der Waals surface area contributed by atoms with Crippen LogP contribution < -0.4 is 5.73 Å². The Labute approximate surface area is 120 Å². The van der Waals surface area contributed by atoms with Crippen LogP contribution in [0.15, 0.2) is 18.2 Å². The SMILES string of the molecule is Cc1ccc(C(=O)N2CCCN(CCO)CC2)c(N)c1. The highest BCUT2D eigenvalue weighted by Gasteiger charge is 2.21. The number of anilines is 1. The average molecular weight is 277 g/mol. The van der Waals surface area contributed by atoms with Crippen LogP contribution in [0.25, 0.3) is 0 Å². The molecule has 5 nitrogen and oxygen atoms in total. The highest BCUT2D eigenvalue weighted by Crippen LogP contribution is 2.17. The van der Waals surface area contributed by atoms with Crippen LogP contribution in [0.5, 0.6) is 0 Å². The molecular weight excluding hydrogens is 254 g/mol. The lowest BCUT2D eigenvalue weighted by molar-refractivity contribution is 0.0761. The Balaban J connectivity index is 2.05. The highest BCUT2D eigenvalue weighted by molar-refractivity contribution is 5.99. The van der Waals surface area contributed by atoms with Crippen LogP contribution >= 0.6 is 0 Å². The van der Waals surface area contributed by atoms with Crippen molar-refractivity contribution in [3.8, 4) is 0 Å². The summed E-state index contributed by atoms with van der Waals surface area (Å²) in [6.07, 6.45) is 0.928. The molecule has 0 aromatic heterocycles. The zero-order valence-electron chi connectivity index (χ0n) is 12.0. The van der Waals surface area contributed by atoms with Crippen LogP contribution in [0, 0.1) is 6.92 Å². The molecule has 0 spiro atoms. The topological polar surface area (TPSA) is 69.8 Å². The molecular formula is C15H23N3O2. The second-order valence-corrected chi connectivity index (χ2v) is 5.30. The first-order valence-electron chi connectivity index (χ1n) is 7.10. The van der Waals surface area contributed by atoms with E-state index in [0.717, 1.165) is 31.6 Å². The van der Waals surface area contributed by atoms with Gasteiger partial charge in [-0.1, -0.05) is 6.07 Å². The molecule has 0 radical (unpaired) electrons. The summed E-state index contributed by atoms with van der Waals surface area (Å²) >= 11 is 0. The number of carbonyl (C=O) groups is 1. The van der Waals surface area contributed by atoms with Crippen LogP contribution in [0.1, 0.15) is 22.3 Å². The van der Waals surface area contributed by atoms with Gasteiger partial charge in [-0.15, -0.1) is 0 Å². The smallest absolute Gasteiger partial charge is 0.255 e. The molecule has 1 aliphatic rings. The van der Waals surface area contributed by atoms with Gasteiger partial charge in [-0.2, -0.15) is 0 Å². The lowest BCUT2D eigenvalue weighted by Gasteiger charge is -2.22. The van der Waals surface area contributed by atoms with Gasteiger partial charge in [0.05, 0.1) is 12.2 Å². The van der Waals surface area contributed by atoms with E-state index in [1.54, 1.807) is 0 Å². The third kappa shape index (κ3) is 3.49. The Hall–Kier alpha value is -1.59. The molecule has 0 unspecified atom stereocenters. The van der Waals surface area contributed by atoms with Gasteiger partial charge in [0.1, 0.15) is 0 Å². The molecule has 0 atom stereocenters. The number of carbonyl (C=O) groups excluding carboxylic acids is 1. The number of rotatable bonds is 3. The molecule has 3 N–H and O–H groups in total. The lowest BCUT2D eigenvalue weighted by atomic mass is 10.1. The van der Waals surface area contributed by atoms with Gasteiger partial charge in [0.2, 0.25) is 0 Å². The van der Waals surface area contributed by atoms with Crippen LogP contribution in [0.3, 0.4) is 0 Å². The number of β-amino-alcohol motifs (C(OH)–C–C–N with tert-alkyl or cyclic N) is 1. The number of nitrogen functional groups attached to an aromatic ring is 1. The quantitative estimate of drug-likeness (QED) is 0.799. The van der Waals surface area contributed by atoms with Gasteiger partial charge in [-0.05, 0) is 37.6 Å². The Kier molecular flexibility index (Phi) is 4.98. The third-order valence-electron chi connectivity index (χ3n) is 3.73. The fraction of sp³-hybridized carbons (Fsp3) is 0.533. The number of nitrogens with zero attached hydrogens (tertiary/aromatic N) is 2. The molecule has 1 amide bonds. The van der Waals surface area contributed by atoms with Gasteiger partial charge in [0.15, 0.2) is 0 Å².